The number of nitrogens with zero attached hydrogens (tertiary/aromatic N) is 4. The molecule has 0 aliphatic carbocycles. The summed E-state index contributed by atoms with van der Waals surface area (Å²) in [6, 6.07) is 39.6. The van der Waals surface area contributed by atoms with E-state index in [1.165, 1.54) is 0 Å². The lowest BCUT2D eigenvalue weighted by Crippen LogP contribution is -2.00. The number of rotatable bonds is 4. The van der Waals surface area contributed by atoms with Crippen LogP contribution in [0.25, 0.3) is 72.0 Å². The average Bonchev–Trinajstić information content (AvgIpc) is 3.74. The standard InChI is InChI=1S/C38H25FN4O/c1-42-31-16-4-3-15-30(31)41-37(42)25-11-6-9-23(21-25)35(39)24-10-7-12-26(22-24)43-32-19-18-28-27-13-2-5-17-33(27)44-36(28)34(32)29-14-8-20-40-38(29)43/h2-22,35H,1H3. The minimum atomic E-state index is -1.33. The van der Waals surface area contributed by atoms with Gasteiger partial charge in [-0.25, -0.2) is 14.4 Å². The van der Waals surface area contributed by atoms with Crippen LogP contribution in [0.5, 0.6) is 0 Å². The van der Waals surface area contributed by atoms with E-state index in [0.29, 0.717) is 11.1 Å². The number of aryl methyl sites for hydroxylation is 1. The molecular weight excluding hydrogens is 547 g/mol. The summed E-state index contributed by atoms with van der Waals surface area (Å²) >= 11 is 0. The fraction of sp³-hybridized carbons (Fsp3) is 0.0526. The number of imidazole rings is 1. The first-order chi connectivity index (χ1) is 21.7. The number of fused-ring (bicyclic) bond motifs is 8. The van der Waals surface area contributed by atoms with Gasteiger partial charge in [-0.1, -0.05) is 60.7 Å². The second-order valence-electron chi connectivity index (χ2n) is 11.2. The molecule has 210 valence electrons. The zero-order chi connectivity index (χ0) is 29.4. The third-order valence-electron chi connectivity index (χ3n) is 8.68. The smallest absolute Gasteiger partial charge is 0.150 e. The first kappa shape index (κ1) is 24.8. The van der Waals surface area contributed by atoms with Crippen LogP contribution in [0, 0.1) is 0 Å². The SMILES string of the molecule is Cn1c(-c2cccc(C(F)c3cccc(-n4c5ccc6c7ccccc7oc6c5c5cccnc54)c3)c2)nc2ccccc21. The molecule has 0 saturated carbocycles. The molecule has 0 spiro atoms. The summed E-state index contributed by atoms with van der Waals surface area (Å²) in [7, 11) is 1.99. The minimum absolute atomic E-state index is 0.570. The summed E-state index contributed by atoms with van der Waals surface area (Å²) in [5.41, 5.74) is 8.26. The Balaban J connectivity index is 1.18. The first-order valence-corrected chi connectivity index (χ1v) is 14.6. The molecule has 5 nitrogen and oxygen atoms in total. The van der Waals surface area contributed by atoms with E-state index >= 15 is 4.39 Å². The average molecular weight is 573 g/mol. The third kappa shape index (κ3) is 3.57. The van der Waals surface area contributed by atoms with E-state index in [4.69, 9.17) is 14.4 Å². The second kappa shape index (κ2) is 9.38. The highest BCUT2D eigenvalue weighted by Crippen LogP contribution is 2.40. The fourth-order valence-corrected chi connectivity index (χ4v) is 6.62. The number of hydrogen-bond donors (Lipinski definition) is 0. The summed E-state index contributed by atoms with van der Waals surface area (Å²) in [5.74, 6) is 0.808. The molecule has 44 heavy (non-hydrogen) atoms. The number of halogens is 1. The van der Waals surface area contributed by atoms with Gasteiger partial charge in [0.05, 0.1) is 21.9 Å². The number of furan rings is 1. The summed E-state index contributed by atoms with van der Waals surface area (Å²) < 4.78 is 26.9. The van der Waals surface area contributed by atoms with Gasteiger partial charge in [-0.15, -0.1) is 0 Å². The molecule has 9 rings (SSSR count). The molecule has 9 aromatic rings. The molecule has 5 aromatic carbocycles. The van der Waals surface area contributed by atoms with Crippen LogP contribution >= 0.6 is 0 Å². The maximum absolute atomic E-state index is 16.4. The Bertz CT molecular complexity index is 2550. The Morgan fingerprint density at radius 3 is 2.41 bits per heavy atom. The monoisotopic (exact) mass is 572 g/mol. The van der Waals surface area contributed by atoms with Gasteiger partial charge in [-0.2, -0.15) is 0 Å². The van der Waals surface area contributed by atoms with Crippen molar-refractivity contribution in [3.8, 4) is 17.1 Å². The van der Waals surface area contributed by atoms with Crippen molar-refractivity contribution in [1.82, 2.24) is 19.1 Å². The van der Waals surface area contributed by atoms with Crippen molar-refractivity contribution in [3.63, 3.8) is 0 Å². The summed E-state index contributed by atoms with van der Waals surface area (Å²) in [6.07, 6.45) is 0.467. The molecule has 4 heterocycles. The lowest BCUT2D eigenvalue weighted by Gasteiger charge is -2.14. The molecule has 0 N–H and O–H groups in total. The Labute approximate surface area is 251 Å². The highest BCUT2D eigenvalue weighted by Gasteiger charge is 2.21. The van der Waals surface area contributed by atoms with Crippen molar-refractivity contribution in [1.29, 1.82) is 0 Å². The molecular formula is C38H25FN4O. The number of para-hydroxylation sites is 3. The van der Waals surface area contributed by atoms with Gasteiger partial charge in [-0.05, 0) is 71.8 Å². The number of benzene rings is 5. The molecule has 0 fully saturated rings. The number of pyridine rings is 1. The maximum Gasteiger partial charge on any atom is 0.150 e. The first-order valence-electron chi connectivity index (χ1n) is 14.6. The van der Waals surface area contributed by atoms with E-state index in [-0.39, 0.29) is 0 Å². The Hall–Kier alpha value is -5.75. The van der Waals surface area contributed by atoms with E-state index in [1.54, 1.807) is 6.20 Å². The molecule has 1 unspecified atom stereocenters. The molecule has 1 atom stereocenters. The molecule has 0 amide bonds. The van der Waals surface area contributed by atoms with Gasteiger partial charge in [0.25, 0.3) is 0 Å². The fourth-order valence-electron chi connectivity index (χ4n) is 6.62. The van der Waals surface area contributed by atoms with E-state index in [0.717, 1.165) is 72.0 Å². The zero-order valence-corrected chi connectivity index (χ0v) is 23.8. The van der Waals surface area contributed by atoms with Crippen molar-refractivity contribution in [2.45, 2.75) is 6.17 Å². The summed E-state index contributed by atoms with van der Waals surface area (Å²) in [4.78, 5) is 9.60. The molecule has 0 aliphatic rings. The number of aromatic nitrogens is 4. The van der Waals surface area contributed by atoms with Crippen molar-refractivity contribution in [2.24, 2.45) is 7.05 Å². The van der Waals surface area contributed by atoms with Crippen LogP contribution < -0.4 is 0 Å². The number of hydrogen-bond acceptors (Lipinski definition) is 3. The predicted molar refractivity (Wildman–Crippen MR) is 175 cm³/mol. The summed E-state index contributed by atoms with van der Waals surface area (Å²) in [5, 5.41) is 4.13. The molecule has 0 saturated heterocycles. The Morgan fingerprint density at radius 1 is 0.705 bits per heavy atom. The highest BCUT2D eigenvalue weighted by molar-refractivity contribution is 6.23. The second-order valence-corrected chi connectivity index (χ2v) is 11.2. The van der Waals surface area contributed by atoms with Gasteiger partial charge in [0.2, 0.25) is 0 Å². The van der Waals surface area contributed by atoms with Crippen LogP contribution in [0.3, 0.4) is 0 Å². The Kier molecular flexibility index (Phi) is 5.29. The van der Waals surface area contributed by atoms with Crippen LogP contribution in [-0.2, 0) is 7.05 Å². The van der Waals surface area contributed by atoms with Crippen molar-refractivity contribution in [2.75, 3.05) is 0 Å². The van der Waals surface area contributed by atoms with Crippen LogP contribution in [0.15, 0.2) is 132 Å². The van der Waals surface area contributed by atoms with Crippen LogP contribution in [-0.4, -0.2) is 19.1 Å². The zero-order valence-electron chi connectivity index (χ0n) is 23.8. The largest absolute Gasteiger partial charge is 0.455 e. The predicted octanol–water partition coefficient (Wildman–Crippen LogP) is 9.69. The van der Waals surface area contributed by atoms with E-state index in [9.17, 15) is 0 Å². The minimum Gasteiger partial charge on any atom is -0.455 e. The van der Waals surface area contributed by atoms with Crippen molar-refractivity contribution in [3.05, 3.63) is 139 Å². The van der Waals surface area contributed by atoms with Crippen LogP contribution in [0.1, 0.15) is 17.3 Å². The lowest BCUT2D eigenvalue weighted by atomic mass is 10.00. The quantitative estimate of drug-likeness (QED) is 0.211. The van der Waals surface area contributed by atoms with Crippen molar-refractivity contribution < 1.29 is 8.81 Å². The van der Waals surface area contributed by atoms with E-state index < -0.39 is 6.17 Å². The maximum atomic E-state index is 16.4. The third-order valence-corrected chi connectivity index (χ3v) is 8.68. The van der Waals surface area contributed by atoms with Gasteiger partial charge in [0.1, 0.15) is 22.6 Å². The molecule has 6 heteroatoms. The summed E-state index contributed by atoms with van der Waals surface area (Å²) in [6.45, 7) is 0. The molecule has 0 radical (unpaired) electrons. The Morgan fingerprint density at radius 2 is 1.50 bits per heavy atom. The van der Waals surface area contributed by atoms with Gasteiger partial charge in [0, 0.05) is 40.7 Å². The molecule has 0 bridgehead atoms. The normalized spacial score (nSPS) is 12.7. The van der Waals surface area contributed by atoms with Crippen LogP contribution in [0.4, 0.5) is 4.39 Å². The topological polar surface area (TPSA) is 48.8 Å². The van der Waals surface area contributed by atoms with Gasteiger partial charge in [0.15, 0.2) is 6.17 Å². The molecule has 0 aliphatic heterocycles. The molecule has 4 aromatic heterocycles. The van der Waals surface area contributed by atoms with Gasteiger partial charge < -0.3 is 8.98 Å². The van der Waals surface area contributed by atoms with E-state index in [2.05, 4.69) is 33.4 Å². The van der Waals surface area contributed by atoms with E-state index in [1.807, 2.05) is 104 Å². The van der Waals surface area contributed by atoms with Gasteiger partial charge >= 0.3 is 0 Å². The highest BCUT2D eigenvalue weighted by atomic mass is 19.1. The lowest BCUT2D eigenvalue weighted by molar-refractivity contribution is 0.402. The van der Waals surface area contributed by atoms with Crippen LogP contribution in [0.2, 0.25) is 0 Å². The number of alkyl halides is 1. The van der Waals surface area contributed by atoms with Gasteiger partial charge in [-0.3, -0.25) is 4.57 Å². The van der Waals surface area contributed by atoms with Crippen molar-refractivity contribution >= 4 is 54.9 Å².